The van der Waals surface area contributed by atoms with E-state index in [9.17, 15) is 13.2 Å². The van der Waals surface area contributed by atoms with Crippen LogP contribution in [0.2, 0.25) is 0 Å². The largest absolute Gasteiger partial charge is 0.342 e. The standard InChI is InChI=1S/C15H31N3O3S/c1-14-7-5-10-17(13-14)15(19)8-12-18(22(4,20)21)11-6-9-16(2)3/h14H,5-13H2,1-4H3. The average Bonchev–Trinajstić information content (AvgIpc) is 2.40. The first-order valence-electron chi connectivity index (χ1n) is 8.07. The lowest BCUT2D eigenvalue weighted by atomic mass is 10.00. The summed E-state index contributed by atoms with van der Waals surface area (Å²) in [5.74, 6) is 0.622. The Kier molecular flexibility index (Phi) is 7.79. The minimum atomic E-state index is -3.26. The van der Waals surface area contributed by atoms with Gasteiger partial charge in [0.2, 0.25) is 15.9 Å². The minimum Gasteiger partial charge on any atom is -0.342 e. The van der Waals surface area contributed by atoms with Crippen molar-refractivity contribution in [3.05, 3.63) is 0 Å². The van der Waals surface area contributed by atoms with Gasteiger partial charge in [-0.3, -0.25) is 4.79 Å². The summed E-state index contributed by atoms with van der Waals surface area (Å²) in [6.45, 7) is 5.37. The predicted octanol–water partition coefficient (Wildman–Crippen LogP) is 0.848. The van der Waals surface area contributed by atoms with Gasteiger partial charge in [0.1, 0.15) is 0 Å². The van der Waals surface area contributed by atoms with Crippen LogP contribution in [-0.4, -0.2) is 81.5 Å². The van der Waals surface area contributed by atoms with Crippen LogP contribution in [0.4, 0.5) is 0 Å². The molecule has 1 aliphatic rings. The highest BCUT2D eigenvalue weighted by molar-refractivity contribution is 7.88. The maximum Gasteiger partial charge on any atom is 0.223 e. The van der Waals surface area contributed by atoms with Crippen LogP contribution in [0.15, 0.2) is 0 Å². The number of amides is 1. The number of nitrogens with zero attached hydrogens (tertiary/aromatic N) is 3. The molecule has 22 heavy (non-hydrogen) atoms. The molecule has 7 heteroatoms. The molecule has 6 nitrogen and oxygen atoms in total. The number of carbonyl (C=O) groups excluding carboxylic acids is 1. The number of sulfonamides is 1. The van der Waals surface area contributed by atoms with E-state index in [2.05, 4.69) is 6.92 Å². The zero-order valence-electron chi connectivity index (χ0n) is 14.4. The molecule has 1 rings (SSSR count). The highest BCUT2D eigenvalue weighted by atomic mass is 32.2. The molecule has 0 radical (unpaired) electrons. The third kappa shape index (κ3) is 7.07. The molecule has 1 heterocycles. The fourth-order valence-corrected chi connectivity index (χ4v) is 3.68. The predicted molar refractivity (Wildman–Crippen MR) is 89.2 cm³/mol. The van der Waals surface area contributed by atoms with E-state index in [-0.39, 0.29) is 18.9 Å². The van der Waals surface area contributed by atoms with Crippen LogP contribution in [0, 0.1) is 5.92 Å². The van der Waals surface area contributed by atoms with Crippen molar-refractivity contribution in [3.8, 4) is 0 Å². The molecule has 0 aromatic carbocycles. The summed E-state index contributed by atoms with van der Waals surface area (Å²) >= 11 is 0. The molecule has 1 saturated heterocycles. The van der Waals surface area contributed by atoms with E-state index in [1.54, 1.807) is 0 Å². The molecule has 1 amide bonds. The minimum absolute atomic E-state index is 0.0767. The number of rotatable bonds is 8. The summed E-state index contributed by atoms with van der Waals surface area (Å²) in [6.07, 6.45) is 4.49. The zero-order valence-corrected chi connectivity index (χ0v) is 15.2. The highest BCUT2D eigenvalue weighted by Crippen LogP contribution is 2.16. The van der Waals surface area contributed by atoms with Crippen LogP contribution in [0.5, 0.6) is 0 Å². The topological polar surface area (TPSA) is 60.9 Å². The first-order chi connectivity index (χ1) is 10.2. The van der Waals surface area contributed by atoms with Gasteiger partial charge in [-0.25, -0.2) is 12.7 Å². The van der Waals surface area contributed by atoms with E-state index in [0.717, 1.165) is 32.5 Å². The van der Waals surface area contributed by atoms with Crippen molar-refractivity contribution in [1.82, 2.24) is 14.1 Å². The Morgan fingerprint density at radius 3 is 2.45 bits per heavy atom. The molecule has 0 aromatic rings. The fraction of sp³-hybridized carbons (Fsp3) is 0.933. The van der Waals surface area contributed by atoms with E-state index in [4.69, 9.17) is 0 Å². The van der Waals surface area contributed by atoms with Gasteiger partial charge < -0.3 is 9.80 Å². The summed E-state index contributed by atoms with van der Waals surface area (Å²) in [7, 11) is 0.672. The van der Waals surface area contributed by atoms with Crippen molar-refractivity contribution < 1.29 is 13.2 Å². The number of hydrogen-bond donors (Lipinski definition) is 0. The lowest BCUT2D eigenvalue weighted by Crippen LogP contribution is -2.41. The second kappa shape index (κ2) is 8.84. The van der Waals surface area contributed by atoms with Gasteiger partial charge in [-0.15, -0.1) is 0 Å². The van der Waals surface area contributed by atoms with Crippen LogP contribution in [0.25, 0.3) is 0 Å². The van der Waals surface area contributed by atoms with Crippen molar-refractivity contribution in [2.75, 3.05) is 53.1 Å². The van der Waals surface area contributed by atoms with Gasteiger partial charge in [0.05, 0.1) is 6.26 Å². The van der Waals surface area contributed by atoms with Gasteiger partial charge in [0, 0.05) is 32.6 Å². The lowest BCUT2D eigenvalue weighted by Gasteiger charge is -2.31. The van der Waals surface area contributed by atoms with Crippen molar-refractivity contribution in [3.63, 3.8) is 0 Å². The third-order valence-electron chi connectivity index (χ3n) is 4.07. The molecule has 1 aliphatic heterocycles. The maximum absolute atomic E-state index is 12.3. The summed E-state index contributed by atoms with van der Waals surface area (Å²) < 4.78 is 25.1. The smallest absolute Gasteiger partial charge is 0.223 e. The Labute approximate surface area is 135 Å². The Morgan fingerprint density at radius 1 is 1.23 bits per heavy atom. The normalized spacial score (nSPS) is 19.9. The molecule has 0 bridgehead atoms. The Hall–Kier alpha value is -0.660. The summed E-state index contributed by atoms with van der Waals surface area (Å²) in [4.78, 5) is 16.2. The molecular weight excluding hydrogens is 302 g/mol. The molecule has 0 aliphatic carbocycles. The van der Waals surface area contributed by atoms with Gasteiger partial charge in [-0.2, -0.15) is 0 Å². The van der Waals surface area contributed by atoms with Gasteiger partial charge in [-0.1, -0.05) is 6.92 Å². The summed E-state index contributed by atoms with van der Waals surface area (Å²) in [5, 5.41) is 0. The van der Waals surface area contributed by atoms with E-state index >= 15 is 0 Å². The number of piperidine rings is 1. The van der Waals surface area contributed by atoms with Crippen molar-refractivity contribution in [2.45, 2.75) is 32.6 Å². The van der Waals surface area contributed by atoms with E-state index < -0.39 is 10.0 Å². The number of likely N-dealkylation sites (tertiary alicyclic amines) is 1. The number of carbonyl (C=O) groups is 1. The van der Waals surface area contributed by atoms with Gasteiger partial charge >= 0.3 is 0 Å². The molecule has 0 spiro atoms. The Balaban J connectivity index is 2.46. The zero-order chi connectivity index (χ0) is 16.8. The Morgan fingerprint density at radius 2 is 1.91 bits per heavy atom. The van der Waals surface area contributed by atoms with Gasteiger partial charge in [0.15, 0.2) is 0 Å². The molecule has 1 atom stereocenters. The molecule has 130 valence electrons. The quantitative estimate of drug-likeness (QED) is 0.661. The molecule has 1 unspecified atom stereocenters. The van der Waals surface area contributed by atoms with Crippen molar-refractivity contribution >= 4 is 15.9 Å². The second-order valence-corrected chi connectivity index (χ2v) is 8.64. The van der Waals surface area contributed by atoms with Crippen molar-refractivity contribution in [2.24, 2.45) is 5.92 Å². The maximum atomic E-state index is 12.3. The van der Waals surface area contributed by atoms with E-state index in [0.29, 0.717) is 12.5 Å². The highest BCUT2D eigenvalue weighted by Gasteiger charge is 2.23. The van der Waals surface area contributed by atoms with Crippen LogP contribution < -0.4 is 0 Å². The first kappa shape index (κ1) is 19.4. The average molecular weight is 333 g/mol. The lowest BCUT2D eigenvalue weighted by molar-refractivity contribution is -0.133. The van der Waals surface area contributed by atoms with Crippen LogP contribution in [-0.2, 0) is 14.8 Å². The van der Waals surface area contributed by atoms with E-state index in [1.165, 1.54) is 17.0 Å². The first-order valence-corrected chi connectivity index (χ1v) is 9.92. The molecule has 0 aromatic heterocycles. The van der Waals surface area contributed by atoms with Crippen LogP contribution in [0.1, 0.15) is 32.6 Å². The van der Waals surface area contributed by atoms with Crippen LogP contribution >= 0.6 is 0 Å². The molecular formula is C15H31N3O3S. The second-order valence-electron chi connectivity index (χ2n) is 6.66. The monoisotopic (exact) mass is 333 g/mol. The fourth-order valence-electron chi connectivity index (χ4n) is 2.80. The molecule has 1 fully saturated rings. The van der Waals surface area contributed by atoms with Gasteiger partial charge in [0.25, 0.3) is 0 Å². The molecule has 0 saturated carbocycles. The van der Waals surface area contributed by atoms with Crippen LogP contribution in [0.3, 0.4) is 0 Å². The van der Waals surface area contributed by atoms with E-state index in [1.807, 2.05) is 23.9 Å². The third-order valence-corrected chi connectivity index (χ3v) is 5.37. The number of hydrogen-bond acceptors (Lipinski definition) is 4. The Bertz CT molecular complexity index is 451. The SMILES string of the molecule is CC1CCCN(C(=O)CCN(CCCN(C)C)S(C)(=O)=O)C1. The van der Waals surface area contributed by atoms with Crippen molar-refractivity contribution in [1.29, 1.82) is 0 Å². The summed E-state index contributed by atoms with van der Waals surface area (Å²) in [6, 6.07) is 0. The molecule has 0 N–H and O–H groups in total. The van der Waals surface area contributed by atoms with Gasteiger partial charge in [-0.05, 0) is 45.8 Å². The summed E-state index contributed by atoms with van der Waals surface area (Å²) in [5.41, 5.74) is 0.